The summed E-state index contributed by atoms with van der Waals surface area (Å²) in [5.41, 5.74) is 0.0650. The Kier molecular flexibility index (Phi) is 4.76. The van der Waals surface area contributed by atoms with E-state index in [1.807, 2.05) is 6.92 Å². The van der Waals surface area contributed by atoms with E-state index in [0.29, 0.717) is 19.0 Å². The number of nitrogens with one attached hydrogen (secondary N) is 2. The van der Waals surface area contributed by atoms with Gasteiger partial charge in [0.2, 0.25) is 0 Å². The van der Waals surface area contributed by atoms with E-state index in [4.69, 9.17) is 0 Å². The topological polar surface area (TPSA) is 39.7 Å². The van der Waals surface area contributed by atoms with Crippen molar-refractivity contribution in [3.63, 3.8) is 0 Å². The van der Waals surface area contributed by atoms with Gasteiger partial charge < -0.3 is 15.5 Å². The standard InChI is InChI=1S/C14H20F2N4/c1-3-18-14(17-2)19-10-7-8-20(9-10)13-11(15)5-4-6-12(13)16/h4-6,10H,3,7-9H2,1-2H3,(H2,17,18,19). The van der Waals surface area contributed by atoms with Crippen LogP contribution in [0.2, 0.25) is 0 Å². The van der Waals surface area contributed by atoms with Crippen LogP contribution in [0.5, 0.6) is 0 Å². The van der Waals surface area contributed by atoms with E-state index in [-0.39, 0.29) is 11.7 Å². The second kappa shape index (κ2) is 6.54. The average molecular weight is 282 g/mol. The molecule has 2 N–H and O–H groups in total. The molecule has 20 heavy (non-hydrogen) atoms. The summed E-state index contributed by atoms with van der Waals surface area (Å²) in [7, 11) is 1.70. The van der Waals surface area contributed by atoms with Crippen LogP contribution in [0.25, 0.3) is 0 Å². The normalized spacial score (nSPS) is 19.3. The molecule has 1 unspecified atom stereocenters. The smallest absolute Gasteiger partial charge is 0.191 e. The summed E-state index contributed by atoms with van der Waals surface area (Å²) in [5, 5.41) is 6.37. The zero-order valence-corrected chi connectivity index (χ0v) is 11.8. The molecule has 1 atom stereocenters. The van der Waals surface area contributed by atoms with Gasteiger partial charge in [0, 0.05) is 32.7 Å². The fourth-order valence-corrected chi connectivity index (χ4v) is 2.43. The monoisotopic (exact) mass is 282 g/mol. The van der Waals surface area contributed by atoms with E-state index in [9.17, 15) is 8.78 Å². The third kappa shape index (κ3) is 3.18. The molecule has 1 aliphatic rings. The van der Waals surface area contributed by atoms with Gasteiger partial charge in [0.05, 0.1) is 0 Å². The summed E-state index contributed by atoms with van der Waals surface area (Å²) in [6.07, 6.45) is 0.818. The third-order valence-electron chi connectivity index (χ3n) is 3.35. The van der Waals surface area contributed by atoms with E-state index < -0.39 is 11.6 Å². The van der Waals surface area contributed by atoms with E-state index in [2.05, 4.69) is 15.6 Å². The highest BCUT2D eigenvalue weighted by Gasteiger charge is 2.27. The highest BCUT2D eigenvalue weighted by molar-refractivity contribution is 5.80. The maximum absolute atomic E-state index is 13.7. The Balaban J connectivity index is 2.02. The number of halogens is 2. The molecule has 0 saturated carbocycles. The van der Waals surface area contributed by atoms with Gasteiger partial charge in [-0.05, 0) is 25.5 Å². The number of aliphatic imine (C=N–C) groups is 1. The molecule has 0 amide bonds. The zero-order chi connectivity index (χ0) is 14.5. The molecule has 4 nitrogen and oxygen atoms in total. The van der Waals surface area contributed by atoms with Crippen LogP contribution in [-0.4, -0.2) is 38.7 Å². The van der Waals surface area contributed by atoms with Crippen molar-refractivity contribution in [1.82, 2.24) is 10.6 Å². The number of hydrogen-bond acceptors (Lipinski definition) is 2. The Morgan fingerprint density at radius 2 is 2.10 bits per heavy atom. The number of anilines is 1. The van der Waals surface area contributed by atoms with E-state index >= 15 is 0 Å². The Bertz CT molecular complexity index is 470. The van der Waals surface area contributed by atoms with Crippen molar-refractivity contribution < 1.29 is 8.78 Å². The first-order valence-corrected chi connectivity index (χ1v) is 6.81. The van der Waals surface area contributed by atoms with Gasteiger partial charge in [0.1, 0.15) is 17.3 Å². The van der Waals surface area contributed by atoms with Crippen molar-refractivity contribution in [1.29, 1.82) is 0 Å². The van der Waals surface area contributed by atoms with Gasteiger partial charge in [0.15, 0.2) is 5.96 Å². The van der Waals surface area contributed by atoms with Crippen LogP contribution in [0.4, 0.5) is 14.5 Å². The first kappa shape index (κ1) is 14.6. The van der Waals surface area contributed by atoms with Gasteiger partial charge in [-0.3, -0.25) is 4.99 Å². The maximum Gasteiger partial charge on any atom is 0.191 e. The predicted octanol–water partition coefficient (Wildman–Crippen LogP) is 1.73. The predicted molar refractivity (Wildman–Crippen MR) is 77.1 cm³/mol. The maximum atomic E-state index is 13.7. The van der Waals surface area contributed by atoms with Gasteiger partial charge in [-0.2, -0.15) is 0 Å². The number of nitrogens with zero attached hydrogens (tertiary/aromatic N) is 2. The van der Waals surface area contributed by atoms with Crippen molar-refractivity contribution >= 4 is 11.6 Å². The lowest BCUT2D eigenvalue weighted by atomic mass is 10.2. The molecule has 0 radical (unpaired) electrons. The molecular weight excluding hydrogens is 262 g/mol. The fraction of sp³-hybridized carbons (Fsp3) is 0.500. The van der Waals surface area contributed by atoms with Crippen LogP contribution in [0.1, 0.15) is 13.3 Å². The van der Waals surface area contributed by atoms with Crippen molar-refractivity contribution in [2.24, 2.45) is 4.99 Å². The first-order chi connectivity index (χ1) is 9.65. The molecule has 0 aromatic heterocycles. The Morgan fingerprint density at radius 3 is 2.70 bits per heavy atom. The van der Waals surface area contributed by atoms with Gasteiger partial charge in [0.25, 0.3) is 0 Å². The molecule has 0 bridgehead atoms. The largest absolute Gasteiger partial charge is 0.365 e. The van der Waals surface area contributed by atoms with Crippen LogP contribution in [0, 0.1) is 11.6 Å². The molecule has 6 heteroatoms. The van der Waals surface area contributed by atoms with Gasteiger partial charge in [-0.15, -0.1) is 0 Å². The average Bonchev–Trinajstić information content (AvgIpc) is 2.86. The minimum atomic E-state index is -0.512. The Labute approximate surface area is 117 Å². The minimum Gasteiger partial charge on any atom is -0.365 e. The van der Waals surface area contributed by atoms with Crippen LogP contribution >= 0.6 is 0 Å². The number of guanidine groups is 1. The number of hydrogen-bond donors (Lipinski definition) is 2. The van der Waals surface area contributed by atoms with Crippen molar-refractivity contribution in [3.8, 4) is 0 Å². The molecule has 0 aliphatic carbocycles. The molecule has 1 heterocycles. The summed E-state index contributed by atoms with van der Waals surface area (Å²) in [6, 6.07) is 4.09. The summed E-state index contributed by atoms with van der Waals surface area (Å²) >= 11 is 0. The lowest BCUT2D eigenvalue weighted by molar-refractivity contribution is 0.576. The fourth-order valence-electron chi connectivity index (χ4n) is 2.43. The molecule has 1 aliphatic heterocycles. The Hall–Kier alpha value is -1.85. The van der Waals surface area contributed by atoms with Crippen LogP contribution < -0.4 is 15.5 Å². The summed E-state index contributed by atoms with van der Waals surface area (Å²) in [5.74, 6) is -0.309. The second-order valence-electron chi connectivity index (χ2n) is 4.75. The minimum absolute atomic E-state index is 0.0650. The molecule has 1 fully saturated rings. The molecular formula is C14H20F2N4. The number of benzene rings is 1. The van der Waals surface area contributed by atoms with E-state index in [1.54, 1.807) is 11.9 Å². The van der Waals surface area contributed by atoms with E-state index in [0.717, 1.165) is 13.0 Å². The Morgan fingerprint density at radius 1 is 1.40 bits per heavy atom. The summed E-state index contributed by atoms with van der Waals surface area (Å²) in [4.78, 5) is 5.84. The highest BCUT2D eigenvalue weighted by atomic mass is 19.1. The molecule has 1 aromatic rings. The molecule has 0 spiro atoms. The molecule has 1 aromatic carbocycles. The summed E-state index contributed by atoms with van der Waals surface area (Å²) in [6.45, 7) is 3.95. The van der Waals surface area contributed by atoms with Crippen molar-refractivity contribution in [3.05, 3.63) is 29.8 Å². The number of para-hydroxylation sites is 1. The first-order valence-electron chi connectivity index (χ1n) is 6.81. The molecule has 2 rings (SSSR count). The van der Waals surface area contributed by atoms with Crippen LogP contribution in [-0.2, 0) is 0 Å². The lowest BCUT2D eigenvalue weighted by Crippen LogP contribution is -2.44. The highest BCUT2D eigenvalue weighted by Crippen LogP contribution is 2.26. The number of rotatable bonds is 3. The quantitative estimate of drug-likeness (QED) is 0.655. The van der Waals surface area contributed by atoms with Crippen LogP contribution in [0.15, 0.2) is 23.2 Å². The van der Waals surface area contributed by atoms with Gasteiger partial charge in [-0.1, -0.05) is 6.07 Å². The lowest BCUT2D eigenvalue weighted by Gasteiger charge is -2.21. The van der Waals surface area contributed by atoms with Crippen LogP contribution in [0.3, 0.4) is 0 Å². The van der Waals surface area contributed by atoms with Gasteiger partial charge in [-0.25, -0.2) is 8.78 Å². The van der Waals surface area contributed by atoms with Crippen molar-refractivity contribution in [2.45, 2.75) is 19.4 Å². The third-order valence-corrected chi connectivity index (χ3v) is 3.35. The zero-order valence-electron chi connectivity index (χ0n) is 11.8. The SMILES string of the molecule is CCNC(=NC)NC1CCN(c2c(F)cccc2F)C1. The van der Waals surface area contributed by atoms with Gasteiger partial charge >= 0.3 is 0 Å². The second-order valence-corrected chi connectivity index (χ2v) is 4.75. The van der Waals surface area contributed by atoms with Crippen molar-refractivity contribution in [2.75, 3.05) is 31.6 Å². The summed E-state index contributed by atoms with van der Waals surface area (Å²) < 4.78 is 27.5. The van der Waals surface area contributed by atoms with E-state index in [1.165, 1.54) is 18.2 Å². The molecule has 110 valence electrons. The molecule has 1 saturated heterocycles.